The number of carbonyl (C=O) groups is 1. The SMILES string of the molecule is CC[C@H]1CN(C(=O)c2ccc(C)nc2C)CCN1C[C@H](C)O. The van der Waals surface area contributed by atoms with Gasteiger partial charge in [-0.1, -0.05) is 6.92 Å². The number of aliphatic hydroxyl groups excluding tert-OH is 1. The second kappa shape index (κ2) is 7.20. The molecular weight excluding hydrogens is 278 g/mol. The third-order valence-electron chi connectivity index (χ3n) is 4.32. The first-order valence-electron chi connectivity index (χ1n) is 8.08. The van der Waals surface area contributed by atoms with E-state index in [0.29, 0.717) is 24.7 Å². The van der Waals surface area contributed by atoms with Crippen molar-refractivity contribution in [2.75, 3.05) is 26.2 Å². The highest BCUT2D eigenvalue weighted by atomic mass is 16.3. The van der Waals surface area contributed by atoms with Crippen LogP contribution in [0, 0.1) is 13.8 Å². The third-order valence-corrected chi connectivity index (χ3v) is 4.32. The maximum absolute atomic E-state index is 12.7. The van der Waals surface area contributed by atoms with Gasteiger partial charge in [-0.05, 0) is 39.3 Å². The Kier molecular flexibility index (Phi) is 5.53. The fourth-order valence-electron chi connectivity index (χ4n) is 3.13. The Morgan fingerprint density at radius 1 is 1.41 bits per heavy atom. The van der Waals surface area contributed by atoms with Gasteiger partial charge in [-0.25, -0.2) is 0 Å². The zero-order chi connectivity index (χ0) is 16.3. The Hall–Kier alpha value is -1.46. The minimum atomic E-state index is -0.333. The van der Waals surface area contributed by atoms with Crippen molar-refractivity contribution in [3.63, 3.8) is 0 Å². The van der Waals surface area contributed by atoms with Gasteiger partial charge in [0, 0.05) is 37.9 Å². The number of rotatable bonds is 4. The zero-order valence-electron chi connectivity index (χ0n) is 14.0. The number of hydrogen-bond acceptors (Lipinski definition) is 4. The Labute approximate surface area is 132 Å². The molecule has 1 saturated heterocycles. The number of piperazine rings is 1. The van der Waals surface area contributed by atoms with Gasteiger partial charge in [-0.2, -0.15) is 0 Å². The molecule has 1 aromatic heterocycles. The summed E-state index contributed by atoms with van der Waals surface area (Å²) in [7, 11) is 0. The van der Waals surface area contributed by atoms with Crippen molar-refractivity contribution in [3.05, 3.63) is 29.1 Å². The molecule has 0 saturated carbocycles. The Morgan fingerprint density at radius 3 is 2.73 bits per heavy atom. The van der Waals surface area contributed by atoms with Crippen LogP contribution in [0.3, 0.4) is 0 Å². The van der Waals surface area contributed by atoms with E-state index in [0.717, 1.165) is 30.9 Å². The number of amides is 1. The number of β-amino-alcohol motifs (C(OH)–C–C–N with tert-alkyl or cyclic N) is 1. The predicted octanol–water partition coefficient (Wildman–Crippen LogP) is 1.62. The highest BCUT2D eigenvalue weighted by Crippen LogP contribution is 2.17. The molecule has 0 aromatic carbocycles. The summed E-state index contributed by atoms with van der Waals surface area (Å²) in [4.78, 5) is 21.3. The Morgan fingerprint density at radius 2 is 2.14 bits per heavy atom. The quantitative estimate of drug-likeness (QED) is 0.918. The van der Waals surface area contributed by atoms with Gasteiger partial charge in [0.25, 0.3) is 5.91 Å². The molecule has 1 aliphatic heterocycles. The van der Waals surface area contributed by atoms with Crippen LogP contribution < -0.4 is 0 Å². The summed E-state index contributed by atoms with van der Waals surface area (Å²) in [5.74, 6) is 0.0696. The lowest BCUT2D eigenvalue weighted by Gasteiger charge is -2.41. The predicted molar refractivity (Wildman–Crippen MR) is 86.9 cm³/mol. The number of hydrogen-bond donors (Lipinski definition) is 1. The minimum Gasteiger partial charge on any atom is -0.392 e. The van der Waals surface area contributed by atoms with E-state index in [1.165, 1.54) is 0 Å². The molecule has 1 aromatic rings. The molecular formula is C17H27N3O2. The molecule has 1 N–H and O–H groups in total. The van der Waals surface area contributed by atoms with Gasteiger partial charge < -0.3 is 10.0 Å². The maximum Gasteiger partial charge on any atom is 0.255 e. The average molecular weight is 305 g/mol. The van der Waals surface area contributed by atoms with Crippen molar-refractivity contribution < 1.29 is 9.90 Å². The van der Waals surface area contributed by atoms with E-state index in [-0.39, 0.29) is 12.0 Å². The number of carbonyl (C=O) groups excluding carboxylic acids is 1. The van der Waals surface area contributed by atoms with Gasteiger partial charge in [-0.3, -0.25) is 14.7 Å². The molecule has 0 radical (unpaired) electrons. The molecule has 5 heteroatoms. The van der Waals surface area contributed by atoms with E-state index in [9.17, 15) is 9.90 Å². The molecule has 2 rings (SSSR count). The second-order valence-electron chi connectivity index (χ2n) is 6.24. The van der Waals surface area contributed by atoms with Crippen LogP contribution in [0.25, 0.3) is 0 Å². The average Bonchev–Trinajstić information content (AvgIpc) is 2.46. The van der Waals surface area contributed by atoms with Crippen molar-refractivity contribution in [2.45, 2.75) is 46.3 Å². The zero-order valence-corrected chi connectivity index (χ0v) is 14.0. The molecule has 0 unspecified atom stereocenters. The molecule has 1 fully saturated rings. The summed E-state index contributed by atoms with van der Waals surface area (Å²) < 4.78 is 0. The third kappa shape index (κ3) is 3.84. The molecule has 122 valence electrons. The van der Waals surface area contributed by atoms with Crippen molar-refractivity contribution in [1.29, 1.82) is 0 Å². The van der Waals surface area contributed by atoms with E-state index in [1.54, 1.807) is 0 Å². The van der Waals surface area contributed by atoms with Crippen LogP contribution in [0.15, 0.2) is 12.1 Å². The van der Waals surface area contributed by atoms with Crippen LogP contribution in [-0.4, -0.2) is 64.1 Å². The normalized spacial score (nSPS) is 21.0. The van der Waals surface area contributed by atoms with Crippen LogP contribution in [0.1, 0.15) is 42.0 Å². The van der Waals surface area contributed by atoms with Crippen molar-refractivity contribution in [3.8, 4) is 0 Å². The maximum atomic E-state index is 12.7. The van der Waals surface area contributed by atoms with Crippen LogP contribution in [0.4, 0.5) is 0 Å². The highest BCUT2D eigenvalue weighted by molar-refractivity contribution is 5.95. The minimum absolute atomic E-state index is 0.0696. The lowest BCUT2D eigenvalue weighted by molar-refractivity contribution is 0.0309. The largest absolute Gasteiger partial charge is 0.392 e. The van der Waals surface area contributed by atoms with Gasteiger partial charge in [0.15, 0.2) is 0 Å². The molecule has 1 aliphatic rings. The molecule has 0 bridgehead atoms. The van der Waals surface area contributed by atoms with E-state index < -0.39 is 0 Å². The molecule has 5 nitrogen and oxygen atoms in total. The van der Waals surface area contributed by atoms with Gasteiger partial charge in [0.05, 0.1) is 17.4 Å². The van der Waals surface area contributed by atoms with Gasteiger partial charge in [0.1, 0.15) is 0 Å². The topological polar surface area (TPSA) is 56.7 Å². The second-order valence-corrected chi connectivity index (χ2v) is 6.24. The van der Waals surface area contributed by atoms with Crippen LogP contribution in [0.2, 0.25) is 0 Å². The van der Waals surface area contributed by atoms with Crippen LogP contribution >= 0.6 is 0 Å². The van der Waals surface area contributed by atoms with Gasteiger partial charge >= 0.3 is 0 Å². The standard InChI is InChI=1S/C17H27N3O2/c1-5-15-11-20(9-8-19(15)10-13(3)21)17(22)16-7-6-12(2)18-14(16)4/h6-7,13,15,21H,5,8-11H2,1-4H3/t13-,15-/m0/s1. The van der Waals surface area contributed by atoms with E-state index >= 15 is 0 Å². The van der Waals surface area contributed by atoms with E-state index in [1.807, 2.05) is 37.8 Å². The Balaban J connectivity index is 2.09. The van der Waals surface area contributed by atoms with Crippen molar-refractivity contribution in [2.24, 2.45) is 0 Å². The summed E-state index contributed by atoms with van der Waals surface area (Å²) in [6, 6.07) is 4.08. The first kappa shape index (κ1) is 16.9. The Bertz CT molecular complexity index is 531. The van der Waals surface area contributed by atoms with Crippen LogP contribution in [0.5, 0.6) is 0 Å². The molecule has 0 spiro atoms. The fourth-order valence-corrected chi connectivity index (χ4v) is 3.13. The summed E-state index contributed by atoms with van der Waals surface area (Å²) in [5, 5.41) is 9.60. The number of nitrogens with zero attached hydrogens (tertiary/aromatic N) is 3. The summed E-state index contributed by atoms with van der Waals surface area (Å²) in [6.07, 6.45) is 0.640. The van der Waals surface area contributed by atoms with E-state index in [2.05, 4.69) is 16.8 Å². The van der Waals surface area contributed by atoms with Crippen molar-refractivity contribution >= 4 is 5.91 Å². The molecule has 1 amide bonds. The highest BCUT2D eigenvalue weighted by Gasteiger charge is 2.30. The molecule has 0 aliphatic carbocycles. The summed E-state index contributed by atoms with van der Waals surface area (Å²) in [6.45, 7) is 10.7. The molecule has 2 heterocycles. The summed E-state index contributed by atoms with van der Waals surface area (Å²) in [5.41, 5.74) is 2.43. The molecule has 22 heavy (non-hydrogen) atoms. The first-order valence-corrected chi connectivity index (χ1v) is 8.08. The number of aryl methyl sites for hydroxylation is 2. The number of aliphatic hydroxyl groups is 1. The first-order chi connectivity index (χ1) is 10.4. The molecule has 2 atom stereocenters. The smallest absolute Gasteiger partial charge is 0.255 e. The van der Waals surface area contributed by atoms with Gasteiger partial charge in [0.2, 0.25) is 0 Å². The lowest BCUT2D eigenvalue weighted by Crippen LogP contribution is -2.55. The van der Waals surface area contributed by atoms with Crippen molar-refractivity contribution in [1.82, 2.24) is 14.8 Å². The van der Waals surface area contributed by atoms with Crippen LogP contribution in [-0.2, 0) is 0 Å². The fraction of sp³-hybridized carbons (Fsp3) is 0.647. The van der Waals surface area contributed by atoms with E-state index in [4.69, 9.17) is 0 Å². The van der Waals surface area contributed by atoms with Gasteiger partial charge in [-0.15, -0.1) is 0 Å². The number of pyridine rings is 1. The summed E-state index contributed by atoms with van der Waals surface area (Å²) >= 11 is 0. The lowest BCUT2D eigenvalue weighted by atomic mass is 10.1. The monoisotopic (exact) mass is 305 g/mol. The number of aromatic nitrogens is 1.